The van der Waals surface area contributed by atoms with Gasteiger partial charge in [-0.1, -0.05) is 42.1 Å². The Balaban J connectivity index is 2.04. The van der Waals surface area contributed by atoms with Crippen LogP contribution in [-0.4, -0.2) is 41.3 Å². The van der Waals surface area contributed by atoms with E-state index in [1.807, 2.05) is 48.5 Å². The average Bonchev–Trinajstić information content (AvgIpc) is 2.80. The highest BCUT2D eigenvalue weighted by atomic mass is 32.2. The van der Waals surface area contributed by atoms with E-state index in [2.05, 4.69) is 5.32 Å². The van der Waals surface area contributed by atoms with Crippen LogP contribution in [-0.2, 0) is 10.0 Å². The van der Waals surface area contributed by atoms with Crippen molar-refractivity contribution in [2.75, 3.05) is 36.6 Å². The van der Waals surface area contributed by atoms with Gasteiger partial charge < -0.3 is 14.8 Å². The lowest BCUT2D eigenvalue weighted by Gasteiger charge is -2.24. The average molecular weight is 487 g/mol. The van der Waals surface area contributed by atoms with Gasteiger partial charge in [0.05, 0.1) is 37.4 Å². The maximum absolute atomic E-state index is 13.4. The zero-order valence-corrected chi connectivity index (χ0v) is 20.5. The molecule has 9 heteroatoms. The minimum Gasteiger partial charge on any atom is -0.493 e. The maximum atomic E-state index is 13.4. The van der Waals surface area contributed by atoms with Crippen molar-refractivity contribution in [3.8, 4) is 11.5 Å². The van der Waals surface area contributed by atoms with Crippen LogP contribution in [0, 0.1) is 0 Å². The summed E-state index contributed by atoms with van der Waals surface area (Å²) in [6.45, 7) is 1.85. The predicted octanol–water partition coefficient (Wildman–Crippen LogP) is 4.89. The lowest BCUT2D eigenvalue weighted by molar-refractivity contribution is 0.102. The fraction of sp³-hybridized carbons (Fsp3) is 0.208. The van der Waals surface area contributed by atoms with Crippen LogP contribution in [0.5, 0.6) is 11.5 Å². The molecule has 0 fully saturated rings. The number of anilines is 2. The Bertz CT molecular complexity index is 1230. The normalized spacial score (nSPS) is 11.0. The fourth-order valence-corrected chi connectivity index (χ4v) is 5.20. The van der Waals surface area contributed by atoms with Gasteiger partial charge in [-0.05, 0) is 37.3 Å². The highest BCUT2D eigenvalue weighted by Crippen LogP contribution is 2.38. The van der Waals surface area contributed by atoms with E-state index in [4.69, 9.17) is 9.47 Å². The fourth-order valence-electron chi connectivity index (χ4n) is 3.30. The summed E-state index contributed by atoms with van der Waals surface area (Å²) in [6.07, 6.45) is 1.10. The summed E-state index contributed by atoms with van der Waals surface area (Å²) in [5.74, 6) is 0.184. The van der Waals surface area contributed by atoms with E-state index in [1.165, 1.54) is 38.1 Å². The third-order valence-corrected chi connectivity index (χ3v) is 7.15. The number of para-hydroxylation sites is 1. The summed E-state index contributed by atoms with van der Waals surface area (Å²) in [5, 5.41) is 2.93. The van der Waals surface area contributed by atoms with E-state index < -0.39 is 15.9 Å². The molecule has 0 spiro atoms. The highest BCUT2D eigenvalue weighted by molar-refractivity contribution is 7.99. The third kappa shape index (κ3) is 5.80. The first-order valence-electron chi connectivity index (χ1n) is 10.2. The Hall–Kier alpha value is -3.17. The lowest BCUT2D eigenvalue weighted by atomic mass is 10.1. The van der Waals surface area contributed by atoms with Crippen LogP contribution in [0.1, 0.15) is 17.3 Å². The smallest absolute Gasteiger partial charge is 0.257 e. The number of nitrogens with zero attached hydrogens (tertiary/aromatic N) is 1. The Morgan fingerprint density at radius 2 is 1.58 bits per heavy atom. The molecule has 33 heavy (non-hydrogen) atoms. The van der Waals surface area contributed by atoms with E-state index >= 15 is 0 Å². The van der Waals surface area contributed by atoms with Crippen LogP contribution in [0.15, 0.2) is 76.5 Å². The molecule has 1 amide bonds. The first-order chi connectivity index (χ1) is 15.8. The number of nitrogens with one attached hydrogen (secondary N) is 1. The number of rotatable bonds is 9. The molecule has 0 radical (unpaired) electrons. The second-order valence-corrected chi connectivity index (χ2v) is 10.0. The molecule has 0 saturated carbocycles. The zero-order chi connectivity index (χ0) is 24.0. The first-order valence-corrected chi connectivity index (χ1v) is 12.8. The van der Waals surface area contributed by atoms with Gasteiger partial charge in [0.25, 0.3) is 5.91 Å². The van der Waals surface area contributed by atoms with Crippen molar-refractivity contribution in [1.82, 2.24) is 0 Å². The number of carbonyl (C=O) groups excluding carboxylic acids is 1. The zero-order valence-electron chi connectivity index (χ0n) is 18.9. The number of carbonyl (C=O) groups is 1. The number of sulfonamides is 1. The van der Waals surface area contributed by atoms with Crippen LogP contribution in [0.3, 0.4) is 0 Å². The lowest BCUT2D eigenvalue weighted by Crippen LogP contribution is -2.31. The van der Waals surface area contributed by atoms with Gasteiger partial charge in [0, 0.05) is 22.4 Å². The number of methoxy groups -OCH3 is 2. The van der Waals surface area contributed by atoms with E-state index in [0.29, 0.717) is 17.2 Å². The Labute approximate surface area is 198 Å². The molecule has 0 aliphatic rings. The quantitative estimate of drug-likeness (QED) is 0.463. The maximum Gasteiger partial charge on any atom is 0.257 e. The summed E-state index contributed by atoms with van der Waals surface area (Å²) in [5.41, 5.74) is 0.974. The van der Waals surface area contributed by atoms with Crippen molar-refractivity contribution < 1.29 is 22.7 Å². The second kappa shape index (κ2) is 10.6. The topological polar surface area (TPSA) is 84.9 Å². The second-order valence-electron chi connectivity index (χ2n) is 7.02. The van der Waals surface area contributed by atoms with Gasteiger partial charge in [-0.25, -0.2) is 8.42 Å². The molecule has 0 aromatic heterocycles. The Kier molecular flexibility index (Phi) is 7.88. The van der Waals surface area contributed by atoms with Gasteiger partial charge >= 0.3 is 0 Å². The van der Waals surface area contributed by atoms with Gasteiger partial charge in [0.2, 0.25) is 10.0 Å². The molecule has 174 valence electrons. The van der Waals surface area contributed by atoms with Gasteiger partial charge in [-0.15, -0.1) is 0 Å². The molecule has 0 heterocycles. The molecule has 3 aromatic carbocycles. The first kappa shape index (κ1) is 24.5. The molecule has 0 atom stereocenters. The molecule has 0 aliphatic carbocycles. The minimum absolute atomic E-state index is 0.148. The van der Waals surface area contributed by atoms with Gasteiger partial charge in [-0.2, -0.15) is 0 Å². The van der Waals surface area contributed by atoms with Crippen LogP contribution in [0.4, 0.5) is 11.4 Å². The molecule has 3 rings (SSSR count). The van der Waals surface area contributed by atoms with Crippen LogP contribution in [0.25, 0.3) is 0 Å². The van der Waals surface area contributed by atoms with Crippen LogP contribution < -0.4 is 19.1 Å². The number of hydrogen-bond donors (Lipinski definition) is 1. The van der Waals surface area contributed by atoms with Crippen LogP contribution >= 0.6 is 11.8 Å². The predicted molar refractivity (Wildman–Crippen MR) is 132 cm³/mol. The van der Waals surface area contributed by atoms with Gasteiger partial charge in [0.15, 0.2) is 11.5 Å². The molecule has 7 nitrogen and oxygen atoms in total. The number of amides is 1. The number of hydrogen-bond acceptors (Lipinski definition) is 6. The molecular weight excluding hydrogens is 460 g/mol. The summed E-state index contributed by atoms with van der Waals surface area (Å²) in [4.78, 5) is 15.3. The van der Waals surface area contributed by atoms with Crippen molar-refractivity contribution in [3.05, 3.63) is 72.3 Å². The summed E-state index contributed by atoms with van der Waals surface area (Å²) >= 11 is 1.52. The molecule has 0 aliphatic heterocycles. The van der Waals surface area contributed by atoms with Crippen molar-refractivity contribution in [3.63, 3.8) is 0 Å². The standard InChI is InChI=1S/C24H26N2O5S2/c1-5-26(33(4,28)29)20-16-22(31-3)21(30-2)15-18(20)24(27)25-19-13-9-10-14-23(19)32-17-11-7-6-8-12-17/h6-16H,5H2,1-4H3,(H,25,27). The summed E-state index contributed by atoms with van der Waals surface area (Å²) < 4.78 is 36.7. The van der Waals surface area contributed by atoms with E-state index in [1.54, 1.807) is 13.0 Å². The number of ether oxygens (including phenoxy) is 2. The largest absolute Gasteiger partial charge is 0.493 e. The van der Waals surface area contributed by atoms with Crippen molar-refractivity contribution in [1.29, 1.82) is 0 Å². The van der Waals surface area contributed by atoms with E-state index in [9.17, 15) is 13.2 Å². The third-order valence-electron chi connectivity index (χ3n) is 4.81. The molecule has 1 N–H and O–H groups in total. The van der Waals surface area contributed by atoms with Crippen molar-refractivity contribution in [2.45, 2.75) is 16.7 Å². The highest BCUT2D eigenvalue weighted by Gasteiger charge is 2.25. The van der Waals surface area contributed by atoms with E-state index in [0.717, 1.165) is 20.4 Å². The Morgan fingerprint density at radius 3 is 2.18 bits per heavy atom. The number of benzene rings is 3. The van der Waals surface area contributed by atoms with E-state index in [-0.39, 0.29) is 17.8 Å². The summed E-state index contributed by atoms with van der Waals surface area (Å²) in [6, 6.07) is 20.2. The monoisotopic (exact) mass is 486 g/mol. The Morgan fingerprint density at radius 1 is 0.970 bits per heavy atom. The molecule has 0 unspecified atom stereocenters. The molecular formula is C24H26N2O5S2. The van der Waals surface area contributed by atoms with Gasteiger partial charge in [0.1, 0.15) is 0 Å². The SMILES string of the molecule is CCN(c1cc(OC)c(OC)cc1C(=O)Nc1ccccc1Sc1ccccc1)S(C)(=O)=O. The molecule has 0 saturated heterocycles. The van der Waals surface area contributed by atoms with Gasteiger partial charge in [-0.3, -0.25) is 9.10 Å². The summed E-state index contributed by atoms with van der Waals surface area (Å²) in [7, 11) is -0.726. The molecule has 0 bridgehead atoms. The van der Waals surface area contributed by atoms with Crippen LogP contribution in [0.2, 0.25) is 0 Å². The van der Waals surface area contributed by atoms with Crippen molar-refractivity contribution >= 4 is 39.1 Å². The molecule has 3 aromatic rings. The minimum atomic E-state index is -3.64. The van der Waals surface area contributed by atoms with Crippen molar-refractivity contribution in [2.24, 2.45) is 0 Å².